The third-order valence-electron chi connectivity index (χ3n) is 3.26. The highest BCUT2D eigenvalue weighted by Crippen LogP contribution is 2.36. The first kappa shape index (κ1) is 12.0. The Hall–Kier alpha value is -0.470. The van der Waals surface area contributed by atoms with Crippen LogP contribution in [0.1, 0.15) is 31.7 Å². The molecule has 2 rings (SSSR count). The van der Waals surface area contributed by atoms with Gasteiger partial charge in [0.2, 0.25) is 0 Å². The predicted octanol–water partition coefficient (Wildman–Crippen LogP) is 3.62. The van der Waals surface area contributed by atoms with Crippen molar-refractivity contribution in [3.63, 3.8) is 0 Å². The number of hydrogen-bond acceptors (Lipinski definition) is 2. The smallest absolute Gasteiger partial charge is 0.0110 e. The van der Waals surface area contributed by atoms with E-state index in [-0.39, 0.29) is 0 Å². The zero-order valence-corrected chi connectivity index (χ0v) is 11.0. The summed E-state index contributed by atoms with van der Waals surface area (Å²) in [5, 5.41) is 4.37. The SMILES string of the molecule is CCNC1CCC(Sc2ccccc2C)C1. The molecule has 0 radical (unpaired) electrons. The fourth-order valence-corrected chi connectivity index (χ4v) is 3.74. The van der Waals surface area contributed by atoms with Crippen LogP contribution in [0.3, 0.4) is 0 Å². The van der Waals surface area contributed by atoms with Crippen molar-refractivity contribution in [3.05, 3.63) is 29.8 Å². The average Bonchev–Trinajstić information content (AvgIpc) is 2.70. The van der Waals surface area contributed by atoms with E-state index in [2.05, 4.69) is 55.2 Å². The molecular formula is C14H21NS. The van der Waals surface area contributed by atoms with Crippen LogP contribution in [-0.4, -0.2) is 17.8 Å². The van der Waals surface area contributed by atoms with Gasteiger partial charge in [-0.2, -0.15) is 0 Å². The van der Waals surface area contributed by atoms with Gasteiger partial charge in [0, 0.05) is 16.2 Å². The van der Waals surface area contributed by atoms with Crippen molar-refractivity contribution in [2.24, 2.45) is 0 Å². The first-order valence-corrected chi connectivity index (χ1v) is 7.13. The van der Waals surface area contributed by atoms with E-state index in [1.807, 2.05) is 0 Å². The van der Waals surface area contributed by atoms with Crippen molar-refractivity contribution in [1.82, 2.24) is 5.32 Å². The van der Waals surface area contributed by atoms with Gasteiger partial charge in [-0.3, -0.25) is 0 Å². The van der Waals surface area contributed by atoms with Crippen LogP contribution >= 0.6 is 11.8 Å². The molecule has 2 atom stereocenters. The summed E-state index contributed by atoms with van der Waals surface area (Å²) in [5.74, 6) is 0. The molecule has 0 bridgehead atoms. The van der Waals surface area contributed by atoms with Crippen molar-refractivity contribution in [1.29, 1.82) is 0 Å². The van der Waals surface area contributed by atoms with E-state index in [0.29, 0.717) is 0 Å². The van der Waals surface area contributed by atoms with Crippen LogP contribution in [0.15, 0.2) is 29.2 Å². The van der Waals surface area contributed by atoms with E-state index >= 15 is 0 Å². The molecule has 1 aromatic carbocycles. The molecule has 2 unspecified atom stereocenters. The molecule has 0 amide bonds. The lowest BCUT2D eigenvalue weighted by Gasteiger charge is -2.13. The second kappa shape index (κ2) is 5.74. The summed E-state index contributed by atoms with van der Waals surface area (Å²) < 4.78 is 0. The molecule has 1 aliphatic carbocycles. The van der Waals surface area contributed by atoms with Crippen molar-refractivity contribution < 1.29 is 0 Å². The molecule has 0 aliphatic heterocycles. The largest absolute Gasteiger partial charge is 0.314 e. The van der Waals surface area contributed by atoms with Crippen molar-refractivity contribution in [2.75, 3.05) is 6.54 Å². The van der Waals surface area contributed by atoms with Gasteiger partial charge in [-0.1, -0.05) is 25.1 Å². The molecular weight excluding hydrogens is 214 g/mol. The highest BCUT2D eigenvalue weighted by Gasteiger charge is 2.24. The lowest BCUT2D eigenvalue weighted by Crippen LogP contribution is -2.26. The van der Waals surface area contributed by atoms with Gasteiger partial charge >= 0.3 is 0 Å². The molecule has 1 aliphatic rings. The van der Waals surface area contributed by atoms with Crippen molar-refractivity contribution >= 4 is 11.8 Å². The van der Waals surface area contributed by atoms with Gasteiger partial charge in [0.05, 0.1) is 0 Å². The van der Waals surface area contributed by atoms with Gasteiger partial charge in [-0.15, -0.1) is 11.8 Å². The van der Waals surface area contributed by atoms with Crippen LogP contribution < -0.4 is 5.32 Å². The lowest BCUT2D eigenvalue weighted by atomic mass is 10.2. The maximum atomic E-state index is 3.56. The molecule has 1 N–H and O–H groups in total. The highest BCUT2D eigenvalue weighted by molar-refractivity contribution is 8.00. The van der Waals surface area contributed by atoms with Crippen LogP contribution in [-0.2, 0) is 0 Å². The fraction of sp³-hybridized carbons (Fsp3) is 0.571. The Morgan fingerprint density at radius 1 is 1.31 bits per heavy atom. The van der Waals surface area contributed by atoms with Gasteiger partial charge in [-0.05, 0) is 44.4 Å². The molecule has 1 saturated carbocycles. The fourth-order valence-electron chi connectivity index (χ4n) is 2.39. The maximum Gasteiger partial charge on any atom is 0.0110 e. The molecule has 1 nitrogen and oxygen atoms in total. The molecule has 0 spiro atoms. The normalized spacial score (nSPS) is 24.9. The zero-order chi connectivity index (χ0) is 11.4. The van der Waals surface area contributed by atoms with Crippen molar-refractivity contribution in [2.45, 2.75) is 49.3 Å². The van der Waals surface area contributed by atoms with Gasteiger partial charge in [0.15, 0.2) is 0 Å². The van der Waals surface area contributed by atoms with Crippen LogP contribution in [0, 0.1) is 6.92 Å². The van der Waals surface area contributed by atoms with Crippen LogP contribution in [0.5, 0.6) is 0 Å². The Labute approximate surface area is 103 Å². The molecule has 0 heterocycles. The van der Waals surface area contributed by atoms with E-state index in [4.69, 9.17) is 0 Å². The van der Waals surface area contributed by atoms with Crippen molar-refractivity contribution in [3.8, 4) is 0 Å². The van der Waals surface area contributed by atoms with Gasteiger partial charge in [-0.25, -0.2) is 0 Å². The summed E-state index contributed by atoms with van der Waals surface area (Å²) in [7, 11) is 0. The lowest BCUT2D eigenvalue weighted by molar-refractivity contribution is 0.543. The Balaban J connectivity index is 1.90. The Morgan fingerprint density at radius 3 is 2.88 bits per heavy atom. The quantitative estimate of drug-likeness (QED) is 0.855. The minimum atomic E-state index is 0.756. The molecule has 16 heavy (non-hydrogen) atoms. The number of rotatable bonds is 4. The summed E-state index contributed by atoms with van der Waals surface area (Å²) in [5.41, 5.74) is 1.42. The highest BCUT2D eigenvalue weighted by atomic mass is 32.2. The molecule has 1 fully saturated rings. The van der Waals surface area contributed by atoms with E-state index in [1.54, 1.807) is 0 Å². The summed E-state index contributed by atoms with van der Waals surface area (Å²) in [6, 6.07) is 9.48. The first-order chi connectivity index (χ1) is 7.79. The minimum absolute atomic E-state index is 0.756. The Morgan fingerprint density at radius 2 is 2.12 bits per heavy atom. The summed E-state index contributed by atoms with van der Waals surface area (Å²) in [6.45, 7) is 5.51. The number of hydrogen-bond donors (Lipinski definition) is 1. The second-order valence-electron chi connectivity index (χ2n) is 4.57. The van der Waals surface area contributed by atoms with E-state index in [1.165, 1.54) is 29.7 Å². The van der Waals surface area contributed by atoms with Crippen LogP contribution in [0.25, 0.3) is 0 Å². The number of nitrogens with one attached hydrogen (secondary N) is 1. The second-order valence-corrected chi connectivity index (χ2v) is 5.92. The van der Waals surface area contributed by atoms with E-state index < -0.39 is 0 Å². The first-order valence-electron chi connectivity index (χ1n) is 6.25. The predicted molar refractivity (Wildman–Crippen MR) is 72.1 cm³/mol. The van der Waals surface area contributed by atoms with Gasteiger partial charge < -0.3 is 5.32 Å². The number of benzene rings is 1. The third kappa shape index (κ3) is 3.02. The molecule has 0 aromatic heterocycles. The topological polar surface area (TPSA) is 12.0 Å². The van der Waals surface area contributed by atoms with Crippen LogP contribution in [0.4, 0.5) is 0 Å². The van der Waals surface area contributed by atoms with Gasteiger partial charge in [0.25, 0.3) is 0 Å². The minimum Gasteiger partial charge on any atom is -0.314 e. The van der Waals surface area contributed by atoms with Gasteiger partial charge in [0.1, 0.15) is 0 Å². The standard InChI is InChI=1S/C14H21NS/c1-3-15-12-8-9-13(10-12)16-14-7-5-4-6-11(14)2/h4-7,12-13,15H,3,8-10H2,1-2H3. The number of aryl methyl sites for hydroxylation is 1. The zero-order valence-electron chi connectivity index (χ0n) is 10.2. The Bertz CT molecular complexity index is 337. The molecule has 2 heteroatoms. The van der Waals surface area contributed by atoms with Crippen LogP contribution in [0.2, 0.25) is 0 Å². The summed E-state index contributed by atoms with van der Waals surface area (Å²) in [4.78, 5) is 1.46. The van der Waals surface area contributed by atoms with E-state index in [9.17, 15) is 0 Å². The average molecular weight is 235 g/mol. The third-order valence-corrected chi connectivity index (χ3v) is 4.74. The molecule has 1 aromatic rings. The molecule has 0 saturated heterocycles. The monoisotopic (exact) mass is 235 g/mol. The Kier molecular flexibility index (Phi) is 4.30. The summed E-state index contributed by atoms with van der Waals surface area (Å²) in [6.07, 6.45) is 4.03. The summed E-state index contributed by atoms with van der Waals surface area (Å²) >= 11 is 2.07. The molecule has 88 valence electrons. The number of thioether (sulfide) groups is 1. The van der Waals surface area contributed by atoms with E-state index in [0.717, 1.165) is 17.8 Å². The maximum absolute atomic E-state index is 3.56.